The Kier molecular flexibility index (Phi) is 5.55. The van der Waals surface area contributed by atoms with Crippen LogP contribution in [0.5, 0.6) is 11.5 Å². The quantitative estimate of drug-likeness (QED) is 0.737. The van der Waals surface area contributed by atoms with Gasteiger partial charge >= 0.3 is 0 Å². The third-order valence-electron chi connectivity index (χ3n) is 3.62. The van der Waals surface area contributed by atoms with Gasteiger partial charge in [0.15, 0.2) is 11.5 Å². The van der Waals surface area contributed by atoms with Gasteiger partial charge in [-0.1, -0.05) is 36.4 Å². The number of benzene rings is 2. The molecule has 22 heavy (non-hydrogen) atoms. The monoisotopic (exact) mass is 299 g/mol. The van der Waals surface area contributed by atoms with Gasteiger partial charge < -0.3 is 14.3 Å². The first-order chi connectivity index (χ1) is 10.7. The summed E-state index contributed by atoms with van der Waals surface area (Å²) in [5.41, 5.74) is 2.04. The van der Waals surface area contributed by atoms with Crippen LogP contribution in [0.2, 0.25) is 0 Å². The van der Waals surface area contributed by atoms with Crippen LogP contribution in [0.1, 0.15) is 17.2 Å². The second-order valence-corrected chi connectivity index (χ2v) is 5.10. The lowest BCUT2D eigenvalue weighted by molar-refractivity contribution is -0.112. The van der Waals surface area contributed by atoms with Crippen LogP contribution in [0.4, 0.5) is 0 Å². The number of methoxy groups -OCH3 is 2. The summed E-state index contributed by atoms with van der Waals surface area (Å²) in [6, 6.07) is 15.3. The average Bonchev–Trinajstić information content (AvgIpc) is 2.56. The van der Waals surface area contributed by atoms with E-state index in [1.807, 2.05) is 60.5 Å². The van der Waals surface area contributed by atoms with Crippen molar-refractivity contribution in [1.82, 2.24) is 4.90 Å². The van der Waals surface area contributed by atoms with Gasteiger partial charge in [0.2, 0.25) is 0 Å². The Labute approximate surface area is 131 Å². The van der Waals surface area contributed by atoms with E-state index in [-0.39, 0.29) is 6.04 Å². The molecule has 0 fully saturated rings. The first kappa shape index (κ1) is 16.0. The van der Waals surface area contributed by atoms with Gasteiger partial charge in [0.1, 0.15) is 6.29 Å². The van der Waals surface area contributed by atoms with Crippen molar-refractivity contribution in [2.45, 2.75) is 12.6 Å². The molecule has 4 heteroatoms. The number of aldehydes is 1. The predicted molar refractivity (Wildman–Crippen MR) is 86.3 cm³/mol. The van der Waals surface area contributed by atoms with Gasteiger partial charge in [-0.05, 0) is 30.3 Å². The lowest BCUT2D eigenvalue weighted by Crippen LogP contribution is -2.25. The van der Waals surface area contributed by atoms with Gasteiger partial charge in [-0.2, -0.15) is 0 Å². The lowest BCUT2D eigenvalue weighted by Gasteiger charge is -2.24. The number of likely N-dealkylation sites (N-methyl/N-ethyl adjacent to an activating group) is 1. The van der Waals surface area contributed by atoms with E-state index >= 15 is 0 Å². The van der Waals surface area contributed by atoms with Gasteiger partial charge in [-0.25, -0.2) is 0 Å². The summed E-state index contributed by atoms with van der Waals surface area (Å²) in [5, 5.41) is 0. The van der Waals surface area contributed by atoms with Crippen molar-refractivity contribution in [2.75, 3.05) is 21.3 Å². The average molecular weight is 299 g/mol. The molecule has 2 aromatic carbocycles. The summed E-state index contributed by atoms with van der Waals surface area (Å²) in [6.07, 6.45) is 0.968. The van der Waals surface area contributed by atoms with E-state index in [9.17, 15) is 4.79 Å². The zero-order valence-corrected chi connectivity index (χ0v) is 13.2. The molecule has 0 aliphatic heterocycles. The Morgan fingerprint density at radius 3 is 2.32 bits per heavy atom. The number of hydrogen-bond donors (Lipinski definition) is 0. The standard InChI is InChI=1S/C18H21NO3/c1-19(16(13-20)15-7-5-4-6-8-15)12-14-9-10-17(21-2)18(11-14)22-3/h4-11,13,16H,12H2,1-3H3/t16-/m1/s1. The molecule has 4 nitrogen and oxygen atoms in total. The molecule has 0 aliphatic rings. The topological polar surface area (TPSA) is 38.8 Å². The van der Waals surface area contributed by atoms with E-state index in [2.05, 4.69) is 0 Å². The molecule has 0 radical (unpaired) electrons. The van der Waals surface area contributed by atoms with Gasteiger partial charge in [-0.15, -0.1) is 0 Å². The van der Waals surface area contributed by atoms with Crippen LogP contribution >= 0.6 is 0 Å². The molecule has 2 rings (SSSR count). The number of carbonyl (C=O) groups is 1. The minimum absolute atomic E-state index is 0.269. The van der Waals surface area contributed by atoms with Crippen LogP contribution in [-0.4, -0.2) is 32.5 Å². The number of hydrogen-bond acceptors (Lipinski definition) is 4. The molecule has 0 heterocycles. The fraction of sp³-hybridized carbons (Fsp3) is 0.278. The van der Waals surface area contributed by atoms with Crippen molar-refractivity contribution < 1.29 is 14.3 Å². The summed E-state index contributed by atoms with van der Waals surface area (Å²) in [5.74, 6) is 1.39. The normalized spacial score (nSPS) is 12.0. The van der Waals surface area contributed by atoms with E-state index in [1.54, 1.807) is 14.2 Å². The largest absolute Gasteiger partial charge is 0.493 e. The van der Waals surface area contributed by atoms with Gasteiger partial charge in [0, 0.05) is 6.54 Å². The van der Waals surface area contributed by atoms with Crippen LogP contribution in [0.3, 0.4) is 0 Å². The van der Waals surface area contributed by atoms with Crippen LogP contribution in [0.15, 0.2) is 48.5 Å². The molecular formula is C18H21NO3. The number of rotatable bonds is 7. The Hall–Kier alpha value is -2.33. The van der Waals surface area contributed by atoms with Crippen molar-refractivity contribution in [3.63, 3.8) is 0 Å². The number of nitrogens with zero attached hydrogens (tertiary/aromatic N) is 1. The van der Waals surface area contributed by atoms with E-state index in [0.717, 1.165) is 17.4 Å². The van der Waals surface area contributed by atoms with Gasteiger partial charge in [0.05, 0.1) is 20.3 Å². The zero-order valence-electron chi connectivity index (χ0n) is 13.2. The Morgan fingerprint density at radius 2 is 1.73 bits per heavy atom. The van der Waals surface area contributed by atoms with Crippen LogP contribution in [0.25, 0.3) is 0 Å². The van der Waals surface area contributed by atoms with Crippen molar-refractivity contribution in [3.8, 4) is 11.5 Å². The lowest BCUT2D eigenvalue weighted by atomic mass is 10.1. The van der Waals surface area contributed by atoms with E-state index in [4.69, 9.17) is 9.47 Å². The third kappa shape index (κ3) is 3.65. The van der Waals surface area contributed by atoms with Crippen molar-refractivity contribution in [2.24, 2.45) is 0 Å². The van der Waals surface area contributed by atoms with Crippen molar-refractivity contribution >= 4 is 6.29 Å². The minimum atomic E-state index is -0.269. The molecule has 0 saturated carbocycles. The first-order valence-electron chi connectivity index (χ1n) is 7.11. The molecular weight excluding hydrogens is 278 g/mol. The van der Waals surface area contributed by atoms with Gasteiger partial charge in [-0.3, -0.25) is 4.90 Å². The van der Waals surface area contributed by atoms with E-state index in [1.165, 1.54) is 0 Å². The number of ether oxygens (including phenoxy) is 2. The summed E-state index contributed by atoms with van der Waals surface area (Å²) < 4.78 is 10.6. The molecule has 0 N–H and O–H groups in total. The summed E-state index contributed by atoms with van der Waals surface area (Å²) in [4.78, 5) is 13.5. The van der Waals surface area contributed by atoms with E-state index < -0.39 is 0 Å². The molecule has 0 unspecified atom stereocenters. The Balaban J connectivity index is 2.17. The highest BCUT2D eigenvalue weighted by Gasteiger charge is 2.16. The predicted octanol–water partition coefficient (Wildman–Crippen LogP) is 3.08. The maximum Gasteiger partial charge on any atom is 0.161 e. The van der Waals surface area contributed by atoms with E-state index in [0.29, 0.717) is 18.0 Å². The molecule has 0 amide bonds. The highest BCUT2D eigenvalue weighted by Crippen LogP contribution is 2.29. The Morgan fingerprint density at radius 1 is 1.05 bits per heavy atom. The van der Waals surface area contributed by atoms with Crippen molar-refractivity contribution in [3.05, 3.63) is 59.7 Å². The molecule has 0 aliphatic carbocycles. The molecule has 2 aromatic rings. The highest BCUT2D eigenvalue weighted by atomic mass is 16.5. The van der Waals surface area contributed by atoms with Crippen LogP contribution in [-0.2, 0) is 11.3 Å². The second-order valence-electron chi connectivity index (χ2n) is 5.10. The molecule has 116 valence electrons. The third-order valence-corrected chi connectivity index (χ3v) is 3.62. The molecule has 1 atom stereocenters. The Bertz CT molecular complexity index is 613. The first-order valence-corrected chi connectivity index (χ1v) is 7.11. The minimum Gasteiger partial charge on any atom is -0.493 e. The maximum absolute atomic E-state index is 11.5. The van der Waals surface area contributed by atoms with Crippen LogP contribution in [0, 0.1) is 0 Å². The van der Waals surface area contributed by atoms with Crippen molar-refractivity contribution in [1.29, 1.82) is 0 Å². The fourth-order valence-electron chi connectivity index (χ4n) is 2.45. The summed E-state index contributed by atoms with van der Waals surface area (Å²) in [7, 11) is 5.16. The highest BCUT2D eigenvalue weighted by molar-refractivity contribution is 5.61. The maximum atomic E-state index is 11.5. The SMILES string of the molecule is COc1ccc(CN(C)[C@H](C=O)c2ccccc2)cc1OC. The number of carbonyl (C=O) groups excluding carboxylic acids is 1. The molecule has 0 saturated heterocycles. The fourth-order valence-corrected chi connectivity index (χ4v) is 2.45. The zero-order chi connectivity index (χ0) is 15.9. The molecule has 0 aromatic heterocycles. The smallest absolute Gasteiger partial charge is 0.161 e. The molecule has 0 spiro atoms. The summed E-state index contributed by atoms with van der Waals surface area (Å²) >= 11 is 0. The van der Waals surface area contributed by atoms with Crippen LogP contribution < -0.4 is 9.47 Å². The second kappa shape index (κ2) is 7.61. The summed E-state index contributed by atoms with van der Waals surface area (Å²) in [6.45, 7) is 0.638. The molecule has 0 bridgehead atoms. The van der Waals surface area contributed by atoms with Gasteiger partial charge in [0.25, 0.3) is 0 Å².